The summed E-state index contributed by atoms with van der Waals surface area (Å²) < 4.78 is 5.76. The number of hydrogen-bond acceptors (Lipinski definition) is 4. The molecule has 0 fully saturated rings. The van der Waals surface area contributed by atoms with Gasteiger partial charge in [0.15, 0.2) is 0 Å². The first-order chi connectivity index (χ1) is 12.7. The van der Waals surface area contributed by atoms with Crippen molar-refractivity contribution in [3.63, 3.8) is 0 Å². The van der Waals surface area contributed by atoms with Gasteiger partial charge in [-0.3, -0.25) is 4.79 Å². The van der Waals surface area contributed by atoms with Crippen molar-refractivity contribution in [2.45, 2.75) is 13.2 Å². The third kappa shape index (κ3) is 4.83. The number of anilines is 1. The summed E-state index contributed by atoms with van der Waals surface area (Å²) in [7, 11) is 1.79. The van der Waals surface area contributed by atoms with Crippen molar-refractivity contribution in [2.24, 2.45) is 0 Å². The van der Waals surface area contributed by atoms with Crippen molar-refractivity contribution < 1.29 is 9.53 Å². The Labute approximate surface area is 153 Å². The highest BCUT2D eigenvalue weighted by atomic mass is 16.5. The van der Waals surface area contributed by atoms with Gasteiger partial charge in [0.2, 0.25) is 0 Å². The van der Waals surface area contributed by atoms with E-state index in [9.17, 15) is 4.79 Å². The third-order valence-electron chi connectivity index (χ3n) is 3.91. The summed E-state index contributed by atoms with van der Waals surface area (Å²) in [5, 5.41) is 5.81. The number of benzene rings is 2. The Balaban J connectivity index is 1.49. The fourth-order valence-electron chi connectivity index (χ4n) is 2.40. The molecule has 0 spiro atoms. The molecule has 0 saturated carbocycles. The molecule has 0 unspecified atom stereocenters. The highest BCUT2D eigenvalue weighted by molar-refractivity contribution is 5.93. The molecule has 3 rings (SSSR count). The Morgan fingerprint density at radius 1 is 0.962 bits per heavy atom. The quantitative estimate of drug-likeness (QED) is 0.685. The van der Waals surface area contributed by atoms with E-state index in [1.165, 1.54) is 0 Å². The molecular weight excluding hydrogens is 326 g/mol. The number of amides is 1. The topological polar surface area (TPSA) is 63.2 Å². The Morgan fingerprint density at radius 3 is 2.38 bits per heavy atom. The zero-order chi connectivity index (χ0) is 18.2. The highest BCUT2D eigenvalue weighted by Gasteiger charge is 2.06. The van der Waals surface area contributed by atoms with Crippen LogP contribution in [0.15, 0.2) is 72.9 Å². The number of carbonyl (C=O) groups excluding carboxylic acids is 1. The van der Waals surface area contributed by atoms with E-state index in [2.05, 4.69) is 15.6 Å². The van der Waals surface area contributed by atoms with Crippen LogP contribution >= 0.6 is 0 Å². The van der Waals surface area contributed by atoms with Gasteiger partial charge in [0.1, 0.15) is 18.2 Å². The van der Waals surface area contributed by atoms with E-state index in [0.29, 0.717) is 18.7 Å². The molecule has 0 aliphatic heterocycles. The molecule has 5 heteroatoms. The fourth-order valence-corrected chi connectivity index (χ4v) is 2.40. The maximum Gasteiger partial charge on any atom is 0.253 e. The van der Waals surface area contributed by atoms with Crippen molar-refractivity contribution in [3.05, 3.63) is 89.6 Å². The zero-order valence-electron chi connectivity index (χ0n) is 14.6. The fraction of sp³-hybridized carbons (Fsp3) is 0.143. The van der Waals surface area contributed by atoms with E-state index >= 15 is 0 Å². The number of rotatable bonds is 7. The van der Waals surface area contributed by atoms with Crippen LogP contribution in [0.1, 0.15) is 21.5 Å². The van der Waals surface area contributed by atoms with Crippen molar-refractivity contribution in [1.82, 2.24) is 10.3 Å². The Bertz CT molecular complexity index is 831. The molecule has 0 saturated heterocycles. The van der Waals surface area contributed by atoms with E-state index in [1.807, 2.05) is 54.6 Å². The average Bonchev–Trinajstić information content (AvgIpc) is 2.72. The van der Waals surface area contributed by atoms with Gasteiger partial charge in [0.25, 0.3) is 5.91 Å². The summed E-state index contributed by atoms with van der Waals surface area (Å²) in [4.78, 5) is 16.3. The van der Waals surface area contributed by atoms with Gasteiger partial charge in [-0.25, -0.2) is 4.98 Å². The third-order valence-corrected chi connectivity index (χ3v) is 3.91. The zero-order valence-corrected chi connectivity index (χ0v) is 14.6. The van der Waals surface area contributed by atoms with Crippen molar-refractivity contribution in [1.29, 1.82) is 0 Å². The van der Waals surface area contributed by atoms with Gasteiger partial charge < -0.3 is 15.4 Å². The summed E-state index contributed by atoms with van der Waals surface area (Å²) in [5.41, 5.74) is 2.67. The Morgan fingerprint density at radius 2 is 1.73 bits per heavy atom. The number of carbonyl (C=O) groups is 1. The monoisotopic (exact) mass is 347 g/mol. The molecule has 5 nitrogen and oxygen atoms in total. The first-order valence-corrected chi connectivity index (χ1v) is 8.42. The maximum absolute atomic E-state index is 12.1. The van der Waals surface area contributed by atoms with Crippen molar-refractivity contribution in [3.8, 4) is 5.75 Å². The van der Waals surface area contributed by atoms with Gasteiger partial charge in [0.05, 0.1) is 5.56 Å². The smallest absolute Gasteiger partial charge is 0.253 e. The molecule has 3 aromatic rings. The SMILES string of the molecule is CNc1ccc(C(=O)NCc2ccc(OCc3ccccc3)cc2)cn1. The standard InChI is InChI=1S/C21H21N3O2/c1-22-20-12-9-18(14-23-20)21(25)24-13-16-7-10-19(11-8-16)26-15-17-5-3-2-4-6-17/h2-12,14H,13,15H2,1H3,(H,22,23)(H,24,25). The summed E-state index contributed by atoms with van der Waals surface area (Å²) in [6.45, 7) is 0.984. The van der Waals surface area contributed by atoms with Crippen LogP contribution in [0, 0.1) is 0 Å². The number of nitrogens with one attached hydrogen (secondary N) is 2. The molecular formula is C21H21N3O2. The number of pyridine rings is 1. The van der Waals surface area contributed by atoms with Crippen LogP contribution in [0.3, 0.4) is 0 Å². The van der Waals surface area contributed by atoms with Gasteiger partial charge in [-0.2, -0.15) is 0 Å². The second-order valence-electron chi connectivity index (χ2n) is 5.78. The van der Waals surface area contributed by atoms with Crippen LogP contribution in [0.2, 0.25) is 0 Å². The lowest BCUT2D eigenvalue weighted by atomic mass is 10.2. The molecule has 0 aliphatic carbocycles. The lowest BCUT2D eigenvalue weighted by Gasteiger charge is -2.09. The van der Waals surface area contributed by atoms with Crippen LogP contribution in [0.5, 0.6) is 5.75 Å². The van der Waals surface area contributed by atoms with E-state index in [1.54, 1.807) is 25.4 Å². The Kier molecular flexibility index (Phi) is 5.83. The van der Waals surface area contributed by atoms with Crippen LogP contribution in [-0.2, 0) is 13.2 Å². The number of aromatic nitrogens is 1. The minimum absolute atomic E-state index is 0.149. The lowest BCUT2D eigenvalue weighted by molar-refractivity contribution is 0.0950. The highest BCUT2D eigenvalue weighted by Crippen LogP contribution is 2.14. The predicted octanol–water partition coefficient (Wildman–Crippen LogP) is 3.63. The van der Waals surface area contributed by atoms with Gasteiger partial charge in [-0.15, -0.1) is 0 Å². The predicted molar refractivity (Wildman–Crippen MR) is 102 cm³/mol. The summed E-state index contributed by atoms with van der Waals surface area (Å²) >= 11 is 0. The second kappa shape index (κ2) is 8.67. The molecule has 0 radical (unpaired) electrons. The van der Waals surface area contributed by atoms with Crippen LogP contribution in [-0.4, -0.2) is 17.9 Å². The minimum Gasteiger partial charge on any atom is -0.489 e. The molecule has 2 aromatic carbocycles. The lowest BCUT2D eigenvalue weighted by Crippen LogP contribution is -2.22. The molecule has 0 atom stereocenters. The van der Waals surface area contributed by atoms with E-state index in [4.69, 9.17) is 4.74 Å². The molecule has 2 N–H and O–H groups in total. The average molecular weight is 347 g/mol. The second-order valence-corrected chi connectivity index (χ2v) is 5.78. The molecule has 0 aliphatic rings. The first-order valence-electron chi connectivity index (χ1n) is 8.42. The Hall–Kier alpha value is -3.34. The molecule has 0 bridgehead atoms. The minimum atomic E-state index is -0.149. The first kappa shape index (κ1) is 17.5. The number of ether oxygens (including phenoxy) is 1. The van der Waals surface area contributed by atoms with Gasteiger partial charge >= 0.3 is 0 Å². The summed E-state index contributed by atoms with van der Waals surface area (Å²) in [6, 6.07) is 21.3. The van der Waals surface area contributed by atoms with E-state index < -0.39 is 0 Å². The van der Waals surface area contributed by atoms with Crippen LogP contribution < -0.4 is 15.4 Å². The van der Waals surface area contributed by atoms with Gasteiger partial charge in [-0.1, -0.05) is 42.5 Å². The van der Waals surface area contributed by atoms with E-state index in [-0.39, 0.29) is 5.91 Å². The van der Waals surface area contributed by atoms with Gasteiger partial charge in [0, 0.05) is 19.8 Å². The van der Waals surface area contributed by atoms with Crippen LogP contribution in [0.4, 0.5) is 5.82 Å². The molecule has 26 heavy (non-hydrogen) atoms. The number of nitrogens with zero attached hydrogens (tertiary/aromatic N) is 1. The van der Waals surface area contributed by atoms with Crippen molar-refractivity contribution in [2.75, 3.05) is 12.4 Å². The van der Waals surface area contributed by atoms with Crippen LogP contribution in [0.25, 0.3) is 0 Å². The summed E-state index contributed by atoms with van der Waals surface area (Å²) in [5.74, 6) is 1.38. The maximum atomic E-state index is 12.1. The number of hydrogen-bond donors (Lipinski definition) is 2. The largest absolute Gasteiger partial charge is 0.489 e. The molecule has 1 aromatic heterocycles. The molecule has 1 amide bonds. The normalized spacial score (nSPS) is 10.2. The van der Waals surface area contributed by atoms with Gasteiger partial charge in [-0.05, 0) is 35.4 Å². The molecule has 132 valence electrons. The summed E-state index contributed by atoms with van der Waals surface area (Å²) in [6.07, 6.45) is 1.56. The van der Waals surface area contributed by atoms with Crippen molar-refractivity contribution >= 4 is 11.7 Å². The molecule has 1 heterocycles. The van der Waals surface area contributed by atoms with E-state index in [0.717, 1.165) is 22.7 Å².